The number of halogens is 3. The molecule has 2 aromatic carbocycles. The van der Waals surface area contributed by atoms with Gasteiger partial charge in [-0.25, -0.2) is 15.4 Å². The average Bonchev–Trinajstić information content (AvgIpc) is 2.60. The number of carboxylic acid groups (broad SMARTS) is 1. The monoisotopic (exact) mass is 355 g/mol. The first-order chi connectivity index (χ1) is 11.8. The summed E-state index contributed by atoms with van der Waals surface area (Å²) < 4.78 is 31.7. The third-order valence-electron chi connectivity index (χ3n) is 2.91. The Kier molecular flexibility index (Phi) is 7.42. The maximum atomic E-state index is 11.4. The fraction of sp³-hybridized carbons (Fsp3) is 0.125. The first-order valence-corrected chi connectivity index (χ1v) is 6.92. The predicted molar refractivity (Wildman–Crippen MR) is 84.3 cm³/mol. The lowest BCUT2D eigenvalue weighted by atomic mass is 9.99. The van der Waals surface area contributed by atoms with Crippen molar-refractivity contribution in [2.45, 2.75) is 12.2 Å². The molecule has 0 bridgehead atoms. The molecule has 25 heavy (non-hydrogen) atoms. The number of carbonyl (C=O) groups is 2. The number of nitrogens with two attached hydrogens (primary N) is 1. The molecular weight excluding hydrogens is 339 g/mol. The minimum absolute atomic E-state index is 0.212. The van der Waals surface area contributed by atoms with Crippen molar-refractivity contribution in [3.8, 4) is 0 Å². The van der Waals surface area contributed by atoms with E-state index < -0.39 is 18.2 Å². The lowest BCUT2D eigenvalue weighted by Gasteiger charge is -2.19. The number of rotatable bonds is 3. The van der Waals surface area contributed by atoms with E-state index in [9.17, 15) is 18.0 Å². The number of hydrogen-bond acceptors (Lipinski definition) is 3. The minimum Gasteiger partial charge on any atom is -0.475 e. The number of carbonyl (C=O) groups excluding carboxylic acids is 1. The zero-order chi connectivity index (χ0) is 18.9. The number of aliphatic carboxylic acids is 1. The van der Waals surface area contributed by atoms with E-state index in [4.69, 9.17) is 15.7 Å². The zero-order valence-corrected chi connectivity index (χ0v) is 12.8. The maximum Gasteiger partial charge on any atom is 0.490 e. The van der Waals surface area contributed by atoms with Crippen LogP contribution in [0, 0.1) is 0 Å². The SMILES string of the molecule is NNC(=O)NC(c1ccccc1)c1ccccc1.O=C(O)C(F)(F)F. The molecule has 0 saturated carbocycles. The van der Waals surface area contributed by atoms with E-state index in [2.05, 4.69) is 10.7 Å². The van der Waals surface area contributed by atoms with Crippen LogP contribution >= 0.6 is 0 Å². The van der Waals surface area contributed by atoms with Crippen LogP contribution in [0.2, 0.25) is 0 Å². The number of benzene rings is 2. The Morgan fingerprint density at radius 2 is 1.28 bits per heavy atom. The summed E-state index contributed by atoms with van der Waals surface area (Å²) >= 11 is 0. The Labute approximate surface area is 141 Å². The Morgan fingerprint density at radius 3 is 1.56 bits per heavy atom. The fourth-order valence-electron chi connectivity index (χ4n) is 1.82. The molecule has 0 aromatic heterocycles. The van der Waals surface area contributed by atoms with Crippen molar-refractivity contribution in [1.82, 2.24) is 10.7 Å². The van der Waals surface area contributed by atoms with Crippen LogP contribution in [-0.2, 0) is 4.79 Å². The first kappa shape index (κ1) is 20.0. The highest BCUT2D eigenvalue weighted by molar-refractivity contribution is 5.74. The van der Waals surface area contributed by atoms with E-state index in [1.54, 1.807) is 0 Å². The van der Waals surface area contributed by atoms with Crippen LogP contribution < -0.4 is 16.6 Å². The molecule has 0 aliphatic heterocycles. The van der Waals surface area contributed by atoms with E-state index in [0.717, 1.165) is 11.1 Å². The highest BCUT2D eigenvalue weighted by Gasteiger charge is 2.38. The summed E-state index contributed by atoms with van der Waals surface area (Å²) in [4.78, 5) is 20.3. The molecule has 0 unspecified atom stereocenters. The van der Waals surface area contributed by atoms with Gasteiger partial charge in [0.15, 0.2) is 0 Å². The molecule has 0 fully saturated rings. The average molecular weight is 355 g/mol. The Bertz CT molecular complexity index is 640. The second-order valence-corrected chi connectivity index (χ2v) is 4.68. The fourth-order valence-corrected chi connectivity index (χ4v) is 1.82. The smallest absolute Gasteiger partial charge is 0.475 e. The second kappa shape index (κ2) is 9.28. The number of amides is 2. The third-order valence-corrected chi connectivity index (χ3v) is 2.91. The molecule has 0 radical (unpaired) electrons. The molecule has 2 amide bonds. The number of nitrogens with one attached hydrogen (secondary N) is 2. The molecule has 0 atom stereocenters. The molecule has 0 spiro atoms. The van der Waals surface area contributed by atoms with Crippen LogP contribution in [0.4, 0.5) is 18.0 Å². The van der Waals surface area contributed by atoms with Crippen LogP contribution in [0.15, 0.2) is 60.7 Å². The van der Waals surface area contributed by atoms with Gasteiger partial charge in [-0.2, -0.15) is 13.2 Å². The number of hydrogen-bond donors (Lipinski definition) is 4. The van der Waals surface area contributed by atoms with Gasteiger partial charge in [0, 0.05) is 0 Å². The van der Waals surface area contributed by atoms with E-state index in [-0.39, 0.29) is 6.04 Å². The van der Waals surface area contributed by atoms with E-state index in [1.807, 2.05) is 60.7 Å². The molecule has 5 N–H and O–H groups in total. The molecule has 0 aliphatic rings. The van der Waals surface area contributed by atoms with Crippen molar-refractivity contribution in [2.24, 2.45) is 5.84 Å². The van der Waals surface area contributed by atoms with Gasteiger partial charge in [-0.3, -0.25) is 5.43 Å². The van der Waals surface area contributed by atoms with Gasteiger partial charge in [-0.15, -0.1) is 0 Å². The van der Waals surface area contributed by atoms with Gasteiger partial charge in [0.2, 0.25) is 0 Å². The number of urea groups is 1. The van der Waals surface area contributed by atoms with Gasteiger partial charge < -0.3 is 10.4 Å². The highest BCUT2D eigenvalue weighted by atomic mass is 19.4. The van der Waals surface area contributed by atoms with Crippen molar-refractivity contribution in [2.75, 3.05) is 0 Å². The number of carboxylic acids is 1. The minimum atomic E-state index is -5.08. The summed E-state index contributed by atoms with van der Waals surface area (Å²) in [5.74, 6) is 2.36. The Hall–Kier alpha value is -3.07. The van der Waals surface area contributed by atoms with Crippen LogP contribution in [-0.4, -0.2) is 23.3 Å². The van der Waals surface area contributed by atoms with Crippen LogP contribution in [0.5, 0.6) is 0 Å². The molecule has 0 heterocycles. The summed E-state index contributed by atoms with van der Waals surface area (Å²) in [7, 11) is 0. The van der Waals surface area contributed by atoms with Gasteiger partial charge in [-0.1, -0.05) is 60.7 Å². The Balaban J connectivity index is 0.000000381. The van der Waals surface area contributed by atoms with Gasteiger partial charge >= 0.3 is 18.2 Å². The van der Waals surface area contributed by atoms with Crippen molar-refractivity contribution in [1.29, 1.82) is 0 Å². The van der Waals surface area contributed by atoms with Gasteiger partial charge in [0.1, 0.15) is 0 Å². The second-order valence-electron chi connectivity index (χ2n) is 4.68. The molecule has 134 valence electrons. The quantitative estimate of drug-likeness (QED) is 0.386. The van der Waals surface area contributed by atoms with E-state index >= 15 is 0 Å². The summed E-state index contributed by atoms with van der Waals surface area (Å²) in [5.41, 5.74) is 4.10. The van der Waals surface area contributed by atoms with Crippen molar-refractivity contribution < 1.29 is 27.9 Å². The lowest BCUT2D eigenvalue weighted by Crippen LogP contribution is -2.42. The molecule has 2 rings (SSSR count). The lowest BCUT2D eigenvalue weighted by molar-refractivity contribution is -0.192. The molecule has 0 saturated heterocycles. The predicted octanol–water partition coefficient (Wildman–Crippen LogP) is 2.58. The van der Waals surface area contributed by atoms with E-state index in [1.165, 1.54) is 0 Å². The number of alkyl halides is 3. The summed E-state index contributed by atoms with van der Waals surface area (Å²) in [6.07, 6.45) is -5.08. The topological polar surface area (TPSA) is 104 Å². The molecule has 9 heteroatoms. The Morgan fingerprint density at radius 1 is 0.920 bits per heavy atom. The molecule has 6 nitrogen and oxygen atoms in total. The largest absolute Gasteiger partial charge is 0.490 e. The zero-order valence-electron chi connectivity index (χ0n) is 12.8. The van der Waals surface area contributed by atoms with Gasteiger partial charge in [0.05, 0.1) is 6.04 Å². The van der Waals surface area contributed by atoms with Crippen LogP contribution in [0.3, 0.4) is 0 Å². The van der Waals surface area contributed by atoms with Crippen LogP contribution in [0.1, 0.15) is 17.2 Å². The van der Waals surface area contributed by atoms with E-state index in [0.29, 0.717) is 0 Å². The summed E-state index contributed by atoms with van der Waals surface area (Å²) in [5, 5.41) is 9.95. The standard InChI is InChI=1S/C14H15N3O.C2HF3O2/c15-17-14(18)16-13(11-7-3-1-4-8-11)12-9-5-2-6-10-12;3-2(4,5)1(6)7/h1-10,13H,15H2,(H2,16,17,18);(H,6,7). The number of hydrazine groups is 1. The van der Waals surface area contributed by atoms with Crippen LogP contribution in [0.25, 0.3) is 0 Å². The third kappa shape index (κ3) is 6.92. The highest BCUT2D eigenvalue weighted by Crippen LogP contribution is 2.21. The van der Waals surface area contributed by atoms with Crippen molar-refractivity contribution in [3.63, 3.8) is 0 Å². The van der Waals surface area contributed by atoms with Crippen molar-refractivity contribution in [3.05, 3.63) is 71.8 Å². The molecular formula is C16H16F3N3O3. The molecule has 0 aliphatic carbocycles. The maximum absolute atomic E-state index is 11.4. The van der Waals surface area contributed by atoms with Gasteiger partial charge in [0.25, 0.3) is 0 Å². The van der Waals surface area contributed by atoms with Gasteiger partial charge in [-0.05, 0) is 11.1 Å². The first-order valence-electron chi connectivity index (χ1n) is 6.92. The normalized spacial score (nSPS) is 10.4. The molecule has 2 aromatic rings. The summed E-state index contributed by atoms with van der Waals surface area (Å²) in [6, 6.07) is 18.9. The summed E-state index contributed by atoms with van der Waals surface area (Å²) in [6.45, 7) is 0. The van der Waals surface area contributed by atoms with Crippen molar-refractivity contribution >= 4 is 12.0 Å².